The summed E-state index contributed by atoms with van der Waals surface area (Å²) >= 11 is 0. The SMILES string of the molecule is CC1CCN(C(CO)C(N)C2CC2)CC1. The molecule has 2 atom stereocenters. The third-order valence-electron chi connectivity index (χ3n) is 4.08. The van der Waals surface area contributed by atoms with E-state index in [-0.39, 0.29) is 18.7 Å². The molecule has 3 nitrogen and oxygen atoms in total. The Morgan fingerprint density at radius 1 is 1.27 bits per heavy atom. The van der Waals surface area contributed by atoms with Crippen LogP contribution in [0.5, 0.6) is 0 Å². The molecule has 0 bridgehead atoms. The minimum atomic E-state index is 0.198. The second kappa shape index (κ2) is 4.81. The van der Waals surface area contributed by atoms with Crippen LogP contribution in [0, 0.1) is 11.8 Å². The number of nitrogens with two attached hydrogens (primary N) is 1. The highest BCUT2D eigenvalue weighted by molar-refractivity contribution is 4.94. The molecule has 2 fully saturated rings. The van der Waals surface area contributed by atoms with Crippen LogP contribution in [0.3, 0.4) is 0 Å². The number of piperidine rings is 1. The van der Waals surface area contributed by atoms with Gasteiger partial charge in [-0.15, -0.1) is 0 Å². The predicted molar refractivity (Wildman–Crippen MR) is 61.5 cm³/mol. The minimum Gasteiger partial charge on any atom is -0.395 e. The molecule has 2 rings (SSSR count). The zero-order chi connectivity index (χ0) is 10.8. The lowest BCUT2D eigenvalue weighted by Crippen LogP contribution is -2.53. The average Bonchev–Trinajstić information content (AvgIpc) is 3.05. The molecular formula is C12H24N2O. The van der Waals surface area contributed by atoms with Gasteiger partial charge in [-0.2, -0.15) is 0 Å². The number of aliphatic hydroxyl groups excluding tert-OH is 1. The van der Waals surface area contributed by atoms with E-state index in [1.807, 2.05) is 0 Å². The van der Waals surface area contributed by atoms with Crippen LogP contribution >= 0.6 is 0 Å². The maximum atomic E-state index is 9.47. The topological polar surface area (TPSA) is 49.5 Å². The molecule has 88 valence electrons. The van der Waals surface area contributed by atoms with Crippen molar-refractivity contribution in [1.29, 1.82) is 0 Å². The lowest BCUT2D eigenvalue weighted by molar-refractivity contribution is 0.0698. The fraction of sp³-hybridized carbons (Fsp3) is 1.00. The molecule has 1 saturated heterocycles. The summed E-state index contributed by atoms with van der Waals surface area (Å²) in [6.45, 7) is 4.78. The summed E-state index contributed by atoms with van der Waals surface area (Å²) < 4.78 is 0. The van der Waals surface area contributed by atoms with Crippen molar-refractivity contribution in [3.05, 3.63) is 0 Å². The summed E-state index contributed by atoms with van der Waals surface area (Å²) in [6.07, 6.45) is 5.05. The molecule has 0 aromatic rings. The Kier molecular flexibility index (Phi) is 3.65. The van der Waals surface area contributed by atoms with Crippen LogP contribution in [0.4, 0.5) is 0 Å². The molecular weight excluding hydrogens is 188 g/mol. The van der Waals surface area contributed by atoms with Crippen molar-refractivity contribution in [2.24, 2.45) is 17.6 Å². The standard InChI is InChI=1S/C12H24N2O/c1-9-4-6-14(7-5-9)11(8-15)12(13)10-2-3-10/h9-12,15H,2-8,13H2,1H3. The van der Waals surface area contributed by atoms with Gasteiger partial charge in [0.15, 0.2) is 0 Å². The number of aliphatic hydroxyl groups is 1. The quantitative estimate of drug-likeness (QED) is 0.725. The van der Waals surface area contributed by atoms with Crippen LogP contribution in [0.15, 0.2) is 0 Å². The van der Waals surface area contributed by atoms with Crippen LogP contribution in [0.2, 0.25) is 0 Å². The third-order valence-corrected chi connectivity index (χ3v) is 4.08. The van der Waals surface area contributed by atoms with Gasteiger partial charge in [0.05, 0.1) is 6.61 Å². The summed E-state index contributed by atoms with van der Waals surface area (Å²) in [5.74, 6) is 1.53. The number of hydrogen-bond donors (Lipinski definition) is 2. The number of likely N-dealkylation sites (tertiary alicyclic amines) is 1. The van der Waals surface area contributed by atoms with Gasteiger partial charge in [0.2, 0.25) is 0 Å². The molecule has 2 aliphatic rings. The van der Waals surface area contributed by atoms with Crippen LogP contribution in [-0.4, -0.2) is 41.8 Å². The van der Waals surface area contributed by atoms with Gasteiger partial charge in [-0.25, -0.2) is 0 Å². The Labute approximate surface area is 92.6 Å². The lowest BCUT2D eigenvalue weighted by atomic mass is 9.95. The molecule has 1 aliphatic carbocycles. The molecule has 3 heteroatoms. The lowest BCUT2D eigenvalue weighted by Gasteiger charge is -2.38. The first kappa shape index (κ1) is 11.4. The minimum absolute atomic E-state index is 0.198. The molecule has 1 saturated carbocycles. The van der Waals surface area contributed by atoms with Gasteiger partial charge >= 0.3 is 0 Å². The first-order valence-corrected chi connectivity index (χ1v) is 6.33. The van der Waals surface area contributed by atoms with Gasteiger partial charge in [0.1, 0.15) is 0 Å². The molecule has 0 radical (unpaired) electrons. The monoisotopic (exact) mass is 212 g/mol. The van der Waals surface area contributed by atoms with E-state index in [1.165, 1.54) is 25.7 Å². The van der Waals surface area contributed by atoms with Crippen LogP contribution in [-0.2, 0) is 0 Å². The predicted octanol–water partition coefficient (Wildman–Crippen LogP) is 0.816. The Morgan fingerprint density at radius 2 is 1.87 bits per heavy atom. The second-order valence-corrected chi connectivity index (χ2v) is 5.38. The molecule has 0 aromatic heterocycles. The van der Waals surface area contributed by atoms with Gasteiger partial charge in [-0.05, 0) is 50.6 Å². The molecule has 1 heterocycles. The Hall–Kier alpha value is -0.120. The highest BCUT2D eigenvalue weighted by atomic mass is 16.3. The summed E-state index contributed by atoms with van der Waals surface area (Å²) in [6, 6.07) is 0.411. The van der Waals surface area contributed by atoms with Crippen molar-refractivity contribution in [3.63, 3.8) is 0 Å². The van der Waals surface area contributed by atoms with Crippen molar-refractivity contribution in [1.82, 2.24) is 4.90 Å². The molecule has 0 amide bonds. The van der Waals surface area contributed by atoms with Crippen molar-refractivity contribution < 1.29 is 5.11 Å². The maximum Gasteiger partial charge on any atom is 0.0602 e. The highest BCUT2D eigenvalue weighted by Crippen LogP contribution is 2.34. The Balaban J connectivity index is 1.87. The van der Waals surface area contributed by atoms with Crippen LogP contribution < -0.4 is 5.73 Å². The van der Waals surface area contributed by atoms with Gasteiger partial charge in [-0.1, -0.05) is 6.92 Å². The third kappa shape index (κ3) is 2.71. The Bertz CT molecular complexity index is 198. The highest BCUT2D eigenvalue weighted by Gasteiger charge is 2.36. The molecule has 15 heavy (non-hydrogen) atoms. The van der Waals surface area contributed by atoms with E-state index in [1.54, 1.807) is 0 Å². The van der Waals surface area contributed by atoms with E-state index in [0.29, 0.717) is 5.92 Å². The summed E-state index contributed by atoms with van der Waals surface area (Å²) in [5.41, 5.74) is 6.20. The van der Waals surface area contributed by atoms with E-state index in [4.69, 9.17) is 5.73 Å². The fourth-order valence-corrected chi connectivity index (χ4v) is 2.64. The average molecular weight is 212 g/mol. The summed E-state index contributed by atoms with van der Waals surface area (Å²) in [7, 11) is 0. The first-order valence-electron chi connectivity index (χ1n) is 6.33. The molecule has 3 N–H and O–H groups in total. The maximum absolute atomic E-state index is 9.47. The van der Waals surface area contributed by atoms with Crippen molar-refractivity contribution >= 4 is 0 Å². The second-order valence-electron chi connectivity index (χ2n) is 5.38. The van der Waals surface area contributed by atoms with Crippen LogP contribution in [0.1, 0.15) is 32.6 Å². The normalized spacial score (nSPS) is 29.0. The van der Waals surface area contributed by atoms with E-state index in [2.05, 4.69) is 11.8 Å². The van der Waals surface area contributed by atoms with Crippen molar-refractivity contribution in [3.8, 4) is 0 Å². The molecule has 2 unspecified atom stereocenters. The smallest absolute Gasteiger partial charge is 0.0602 e. The zero-order valence-corrected chi connectivity index (χ0v) is 9.73. The largest absolute Gasteiger partial charge is 0.395 e. The number of hydrogen-bond acceptors (Lipinski definition) is 3. The van der Waals surface area contributed by atoms with E-state index >= 15 is 0 Å². The fourth-order valence-electron chi connectivity index (χ4n) is 2.64. The molecule has 1 aliphatic heterocycles. The van der Waals surface area contributed by atoms with E-state index in [9.17, 15) is 5.11 Å². The van der Waals surface area contributed by atoms with E-state index in [0.717, 1.165) is 19.0 Å². The van der Waals surface area contributed by atoms with Gasteiger partial charge in [0, 0.05) is 12.1 Å². The number of nitrogens with zero attached hydrogens (tertiary/aromatic N) is 1. The van der Waals surface area contributed by atoms with Crippen LogP contribution in [0.25, 0.3) is 0 Å². The van der Waals surface area contributed by atoms with Gasteiger partial charge < -0.3 is 10.8 Å². The summed E-state index contributed by atoms with van der Waals surface area (Å²) in [4.78, 5) is 2.41. The van der Waals surface area contributed by atoms with E-state index < -0.39 is 0 Å². The van der Waals surface area contributed by atoms with Crippen molar-refractivity contribution in [2.45, 2.75) is 44.7 Å². The van der Waals surface area contributed by atoms with Gasteiger partial charge in [-0.3, -0.25) is 4.90 Å². The molecule has 0 spiro atoms. The number of rotatable bonds is 4. The Morgan fingerprint density at radius 3 is 2.33 bits per heavy atom. The van der Waals surface area contributed by atoms with Gasteiger partial charge in [0.25, 0.3) is 0 Å². The summed E-state index contributed by atoms with van der Waals surface area (Å²) in [5, 5.41) is 9.47. The molecule has 0 aromatic carbocycles. The first-order chi connectivity index (χ1) is 7.22. The van der Waals surface area contributed by atoms with Crippen molar-refractivity contribution in [2.75, 3.05) is 19.7 Å². The zero-order valence-electron chi connectivity index (χ0n) is 9.73.